The molecule has 1 atom stereocenters. The van der Waals surface area contributed by atoms with Crippen LogP contribution < -0.4 is 9.47 Å². The first-order valence-corrected chi connectivity index (χ1v) is 7.20. The van der Waals surface area contributed by atoms with Gasteiger partial charge in [-0.05, 0) is 42.2 Å². The van der Waals surface area contributed by atoms with Gasteiger partial charge in [0.25, 0.3) is 0 Å². The van der Waals surface area contributed by atoms with Gasteiger partial charge in [-0.15, -0.1) is 0 Å². The molecule has 0 aromatic heterocycles. The summed E-state index contributed by atoms with van der Waals surface area (Å²) in [5.74, 6) is 2.38. The van der Waals surface area contributed by atoms with Crippen molar-refractivity contribution in [3.63, 3.8) is 0 Å². The maximum absolute atomic E-state index is 5.67. The maximum Gasteiger partial charge on any atom is 0.122 e. The molecule has 2 aromatic carbocycles. The fraction of sp³-hybridized carbons (Fsp3) is 0.333. The van der Waals surface area contributed by atoms with Crippen LogP contribution in [-0.4, -0.2) is 13.2 Å². The van der Waals surface area contributed by atoms with E-state index >= 15 is 0 Å². The van der Waals surface area contributed by atoms with Crippen molar-refractivity contribution >= 4 is 0 Å². The molecule has 0 aliphatic rings. The van der Waals surface area contributed by atoms with E-state index < -0.39 is 0 Å². The largest absolute Gasteiger partial charge is 0.490 e. The van der Waals surface area contributed by atoms with Gasteiger partial charge in [-0.2, -0.15) is 0 Å². The molecule has 0 spiro atoms. The van der Waals surface area contributed by atoms with E-state index in [1.807, 2.05) is 42.5 Å². The lowest BCUT2D eigenvalue weighted by Crippen LogP contribution is -2.08. The Labute approximate surface area is 121 Å². The molecular formula is C18H22O2. The van der Waals surface area contributed by atoms with E-state index in [-0.39, 0.29) is 0 Å². The van der Waals surface area contributed by atoms with Crippen molar-refractivity contribution in [1.82, 2.24) is 0 Å². The molecule has 106 valence electrons. The van der Waals surface area contributed by atoms with Crippen LogP contribution in [0, 0.1) is 0 Å². The molecule has 20 heavy (non-hydrogen) atoms. The van der Waals surface area contributed by atoms with Gasteiger partial charge in [0, 0.05) is 0 Å². The van der Waals surface area contributed by atoms with Crippen LogP contribution in [0.25, 0.3) is 0 Å². The van der Waals surface area contributed by atoms with Crippen LogP contribution in [0.5, 0.6) is 11.5 Å². The Hall–Kier alpha value is -1.96. The third-order valence-corrected chi connectivity index (χ3v) is 3.43. The Balaban J connectivity index is 1.74. The highest BCUT2D eigenvalue weighted by Gasteiger charge is 2.02. The summed E-state index contributed by atoms with van der Waals surface area (Å²) in [7, 11) is 0. The molecule has 0 saturated heterocycles. The van der Waals surface area contributed by atoms with Crippen LogP contribution in [0.2, 0.25) is 0 Å². The van der Waals surface area contributed by atoms with Crippen LogP contribution in [0.1, 0.15) is 31.7 Å². The lowest BCUT2D eigenvalue weighted by Gasteiger charge is -2.11. The summed E-state index contributed by atoms with van der Waals surface area (Å²) in [6.45, 7) is 5.55. The van der Waals surface area contributed by atoms with Gasteiger partial charge in [0.1, 0.15) is 24.7 Å². The number of hydrogen-bond donors (Lipinski definition) is 0. The van der Waals surface area contributed by atoms with Crippen LogP contribution >= 0.6 is 0 Å². The van der Waals surface area contributed by atoms with Gasteiger partial charge in [-0.25, -0.2) is 0 Å². The molecule has 0 N–H and O–H groups in total. The minimum Gasteiger partial charge on any atom is -0.490 e. The van der Waals surface area contributed by atoms with E-state index in [0.29, 0.717) is 19.1 Å². The second-order valence-electron chi connectivity index (χ2n) is 4.89. The number of para-hydroxylation sites is 1. The van der Waals surface area contributed by atoms with Crippen molar-refractivity contribution in [1.29, 1.82) is 0 Å². The summed E-state index contributed by atoms with van der Waals surface area (Å²) in [5, 5.41) is 0. The molecule has 0 saturated carbocycles. The van der Waals surface area contributed by atoms with E-state index in [4.69, 9.17) is 9.47 Å². The molecule has 0 bridgehead atoms. The fourth-order valence-corrected chi connectivity index (χ4v) is 1.96. The second kappa shape index (κ2) is 7.59. The number of benzene rings is 2. The molecule has 0 aliphatic carbocycles. The molecule has 2 aromatic rings. The third-order valence-electron chi connectivity index (χ3n) is 3.43. The zero-order valence-electron chi connectivity index (χ0n) is 12.2. The highest BCUT2D eigenvalue weighted by atomic mass is 16.5. The zero-order chi connectivity index (χ0) is 14.2. The number of rotatable bonds is 7. The molecule has 2 heteroatoms. The minimum absolute atomic E-state index is 0.553. The van der Waals surface area contributed by atoms with Crippen LogP contribution in [0.4, 0.5) is 0 Å². The van der Waals surface area contributed by atoms with Gasteiger partial charge in [-0.1, -0.05) is 44.2 Å². The molecule has 0 fully saturated rings. The summed E-state index contributed by atoms with van der Waals surface area (Å²) < 4.78 is 11.3. The molecular weight excluding hydrogens is 248 g/mol. The van der Waals surface area contributed by atoms with Crippen molar-refractivity contribution in [2.24, 2.45) is 0 Å². The van der Waals surface area contributed by atoms with Crippen molar-refractivity contribution in [2.45, 2.75) is 26.2 Å². The third kappa shape index (κ3) is 4.30. The van der Waals surface area contributed by atoms with Crippen LogP contribution in [0.15, 0.2) is 54.6 Å². The fourth-order valence-electron chi connectivity index (χ4n) is 1.96. The Morgan fingerprint density at radius 3 is 1.90 bits per heavy atom. The average Bonchev–Trinajstić information content (AvgIpc) is 2.52. The first-order valence-electron chi connectivity index (χ1n) is 7.20. The predicted molar refractivity (Wildman–Crippen MR) is 82.6 cm³/mol. The highest BCUT2D eigenvalue weighted by molar-refractivity contribution is 5.29. The monoisotopic (exact) mass is 270 g/mol. The van der Waals surface area contributed by atoms with E-state index in [9.17, 15) is 0 Å². The van der Waals surface area contributed by atoms with Gasteiger partial charge in [0.2, 0.25) is 0 Å². The quantitative estimate of drug-likeness (QED) is 0.681. The van der Waals surface area contributed by atoms with Gasteiger partial charge in [0.05, 0.1) is 0 Å². The first kappa shape index (κ1) is 14.4. The number of hydrogen-bond acceptors (Lipinski definition) is 2. The average molecular weight is 270 g/mol. The standard InChI is InChI=1S/C18H22O2/c1-3-15(2)16-9-11-18(12-10-16)20-14-13-19-17-7-5-4-6-8-17/h4-12,15H,3,13-14H2,1-2H3. The van der Waals surface area contributed by atoms with Crippen LogP contribution in [0.3, 0.4) is 0 Å². The summed E-state index contributed by atoms with van der Waals surface area (Å²) in [4.78, 5) is 0. The second-order valence-corrected chi connectivity index (χ2v) is 4.89. The lowest BCUT2D eigenvalue weighted by molar-refractivity contribution is 0.217. The van der Waals surface area contributed by atoms with E-state index in [0.717, 1.165) is 17.9 Å². The molecule has 0 aliphatic heterocycles. The Morgan fingerprint density at radius 2 is 1.35 bits per heavy atom. The van der Waals surface area contributed by atoms with Crippen LogP contribution in [-0.2, 0) is 0 Å². The lowest BCUT2D eigenvalue weighted by atomic mass is 9.99. The topological polar surface area (TPSA) is 18.5 Å². The Kier molecular flexibility index (Phi) is 5.48. The predicted octanol–water partition coefficient (Wildman–Crippen LogP) is 4.66. The summed E-state index contributed by atoms with van der Waals surface area (Å²) >= 11 is 0. The molecule has 0 heterocycles. The number of ether oxygens (including phenoxy) is 2. The Bertz CT molecular complexity index is 491. The summed E-state index contributed by atoms with van der Waals surface area (Å²) in [6, 6.07) is 18.1. The Morgan fingerprint density at radius 1 is 0.800 bits per heavy atom. The van der Waals surface area contributed by atoms with Gasteiger partial charge >= 0.3 is 0 Å². The summed E-state index contributed by atoms with van der Waals surface area (Å²) in [6.07, 6.45) is 1.16. The van der Waals surface area contributed by atoms with E-state index in [2.05, 4.69) is 26.0 Å². The highest BCUT2D eigenvalue weighted by Crippen LogP contribution is 2.21. The van der Waals surface area contributed by atoms with E-state index in [1.54, 1.807) is 0 Å². The molecule has 1 unspecified atom stereocenters. The molecule has 2 nitrogen and oxygen atoms in total. The first-order chi connectivity index (χ1) is 9.79. The van der Waals surface area contributed by atoms with Gasteiger partial charge in [-0.3, -0.25) is 0 Å². The van der Waals surface area contributed by atoms with Gasteiger partial charge < -0.3 is 9.47 Å². The van der Waals surface area contributed by atoms with E-state index in [1.165, 1.54) is 5.56 Å². The van der Waals surface area contributed by atoms with Crippen molar-refractivity contribution < 1.29 is 9.47 Å². The summed E-state index contributed by atoms with van der Waals surface area (Å²) in [5.41, 5.74) is 1.36. The van der Waals surface area contributed by atoms with Crippen molar-refractivity contribution in [2.75, 3.05) is 13.2 Å². The van der Waals surface area contributed by atoms with Gasteiger partial charge in [0.15, 0.2) is 0 Å². The molecule has 2 rings (SSSR count). The van der Waals surface area contributed by atoms with Crippen molar-refractivity contribution in [3.8, 4) is 11.5 Å². The molecule has 0 amide bonds. The van der Waals surface area contributed by atoms with Crippen molar-refractivity contribution in [3.05, 3.63) is 60.2 Å². The zero-order valence-corrected chi connectivity index (χ0v) is 12.2. The minimum atomic E-state index is 0.553. The smallest absolute Gasteiger partial charge is 0.122 e. The molecule has 0 radical (unpaired) electrons. The SMILES string of the molecule is CCC(C)c1ccc(OCCOc2ccccc2)cc1. The maximum atomic E-state index is 5.67. The normalized spacial score (nSPS) is 11.9.